The van der Waals surface area contributed by atoms with Gasteiger partial charge in [-0.25, -0.2) is 0 Å². The number of amides is 1. The summed E-state index contributed by atoms with van der Waals surface area (Å²) in [6.45, 7) is 4.53. The smallest absolute Gasteiger partial charge is 0.219 e. The SMILES string of the molecule is CCC(=O)NCc1cccc(C)c1.[HH]. The van der Waals surface area contributed by atoms with Crippen LogP contribution in [0, 0.1) is 6.92 Å². The number of carbonyl (C=O) groups is 1. The second-order valence-corrected chi connectivity index (χ2v) is 3.12. The molecule has 1 aromatic rings. The molecule has 0 atom stereocenters. The maximum atomic E-state index is 11.0. The second kappa shape index (κ2) is 4.65. The van der Waals surface area contributed by atoms with E-state index in [0.29, 0.717) is 13.0 Å². The molecule has 0 aliphatic heterocycles. The van der Waals surface area contributed by atoms with Crippen molar-refractivity contribution in [2.75, 3.05) is 0 Å². The van der Waals surface area contributed by atoms with Gasteiger partial charge in [-0.2, -0.15) is 0 Å². The lowest BCUT2D eigenvalue weighted by molar-refractivity contribution is -0.120. The Labute approximate surface area is 80.5 Å². The number of hydrogen-bond donors (Lipinski definition) is 1. The number of aryl methyl sites for hydroxylation is 1. The van der Waals surface area contributed by atoms with Gasteiger partial charge in [-0.05, 0) is 12.5 Å². The summed E-state index contributed by atoms with van der Waals surface area (Å²) >= 11 is 0. The van der Waals surface area contributed by atoms with Crippen LogP contribution in [0.4, 0.5) is 0 Å². The van der Waals surface area contributed by atoms with Crippen LogP contribution >= 0.6 is 0 Å². The Morgan fingerprint density at radius 2 is 2.31 bits per heavy atom. The molecular weight excluding hydrogens is 162 g/mol. The first kappa shape index (κ1) is 9.78. The Morgan fingerprint density at radius 1 is 1.54 bits per heavy atom. The fraction of sp³-hybridized carbons (Fsp3) is 0.364. The lowest BCUT2D eigenvalue weighted by atomic mass is 10.1. The molecule has 0 bridgehead atoms. The van der Waals surface area contributed by atoms with Gasteiger partial charge in [-0.15, -0.1) is 0 Å². The van der Waals surface area contributed by atoms with E-state index in [1.807, 2.05) is 32.0 Å². The fourth-order valence-electron chi connectivity index (χ4n) is 1.15. The largest absolute Gasteiger partial charge is 0.352 e. The first-order chi connectivity index (χ1) is 6.22. The Balaban J connectivity index is 0.00000169. The van der Waals surface area contributed by atoms with Crippen molar-refractivity contribution in [2.24, 2.45) is 0 Å². The molecule has 1 N–H and O–H groups in total. The molecule has 0 saturated heterocycles. The minimum absolute atomic E-state index is 0. The highest BCUT2D eigenvalue weighted by molar-refractivity contribution is 5.75. The van der Waals surface area contributed by atoms with Crippen molar-refractivity contribution < 1.29 is 6.22 Å². The van der Waals surface area contributed by atoms with Gasteiger partial charge in [0.05, 0.1) is 0 Å². The molecule has 72 valence electrons. The third-order valence-electron chi connectivity index (χ3n) is 1.89. The quantitative estimate of drug-likeness (QED) is 0.757. The average Bonchev–Trinajstić information content (AvgIpc) is 2.14. The van der Waals surface area contributed by atoms with Crippen LogP contribution in [0.3, 0.4) is 0 Å². The van der Waals surface area contributed by atoms with Gasteiger partial charge in [0.15, 0.2) is 0 Å². The molecule has 0 unspecified atom stereocenters. The van der Waals surface area contributed by atoms with Gasteiger partial charge >= 0.3 is 0 Å². The number of carbonyl (C=O) groups excluding carboxylic acids is 1. The van der Waals surface area contributed by atoms with Crippen molar-refractivity contribution in [3.05, 3.63) is 35.4 Å². The molecule has 2 nitrogen and oxygen atoms in total. The van der Waals surface area contributed by atoms with E-state index in [1.54, 1.807) is 0 Å². The van der Waals surface area contributed by atoms with Gasteiger partial charge in [0.1, 0.15) is 0 Å². The first-order valence-electron chi connectivity index (χ1n) is 4.54. The number of rotatable bonds is 3. The molecule has 1 rings (SSSR count). The van der Waals surface area contributed by atoms with Crippen LogP contribution in [0.2, 0.25) is 0 Å². The van der Waals surface area contributed by atoms with Crippen molar-refractivity contribution in [1.82, 2.24) is 5.32 Å². The van der Waals surface area contributed by atoms with Crippen molar-refractivity contribution in [2.45, 2.75) is 26.8 Å². The predicted molar refractivity (Wildman–Crippen MR) is 55.4 cm³/mol. The van der Waals surface area contributed by atoms with E-state index in [9.17, 15) is 4.79 Å². The van der Waals surface area contributed by atoms with Crippen LogP contribution in [-0.2, 0) is 11.3 Å². The second-order valence-electron chi connectivity index (χ2n) is 3.12. The Morgan fingerprint density at radius 3 is 2.92 bits per heavy atom. The molecule has 2 heteroatoms. The number of hydrogen-bond acceptors (Lipinski definition) is 1. The van der Waals surface area contributed by atoms with Crippen LogP contribution in [0.1, 0.15) is 25.9 Å². The van der Waals surface area contributed by atoms with E-state index in [4.69, 9.17) is 0 Å². The summed E-state index contributed by atoms with van der Waals surface area (Å²) in [7, 11) is 0. The topological polar surface area (TPSA) is 29.1 Å². The van der Waals surface area contributed by atoms with Crippen molar-refractivity contribution in [1.29, 1.82) is 0 Å². The molecule has 1 aromatic carbocycles. The van der Waals surface area contributed by atoms with E-state index >= 15 is 0 Å². The molecule has 13 heavy (non-hydrogen) atoms. The molecule has 1 amide bonds. The van der Waals surface area contributed by atoms with Gasteiger partial charge in [0.25, 0.3) is 0 Å². The molecule has 0 radical (unpaired) electrons. The zero-order valence-electron chi connectivity index (χ0n) is 8.13. The van der Waals surface area contributed by atoms with Crippen molar-refractivity contribution >= 4 is 5.91 Å². The third-order valence-corrected chi connectivity index (χ3v) is 1.89. The summed E-state index contributed by atoms with van der Waals surface area (Å²) in [5, 5.41) is 2.84. The average molecular weight is 179 g/mol. The lowest BCUT2D eigenvalue weighted by Gasteiger charge is -2.03. The summed E-state index contributed by atoms with van der Waals surface area (Å²) in [6.07, 6.45) is 0.547. The van der Waals surface area contributed by atoms with Crippen molar-refractivity contribution in [3.63, 3.8) is 0 Å². The van der Waals surface area contributed by atoms with Gasteiger partial charge in [0.2, 0.25) is 5.91 Å². The standard InChI is InChI=1S/C11H15NO.H2/c1-3-11(13)12-8-10-6-4-5-9(2)7-10;/h4-7H,3,8H2,1-2H3,(H,12,13);1H. The lowest BCUT2D eigenvalue weighted by Crippen LogP contribution is -2.21. The molecular formula is C11H17NO. The zero-order chi connectivity index (χ0) is 9.68. The van der Waals surface area contributed by atoms with Crippen molar-refractivity contribution in [3.8, 4) is 0 Å². The molecule has 0 aliphatic carbocycles. The van der Waals surface area contributed by atoms with Crippen LogP contribution in [-0.4, -0.2) is 5.91 Å². The minimum Gasteiger partial charge on any atom is -0.352 e. The molecule has 0 spiro atoms. The molecule has 0 fully saturated rings. The summed E-state index contributed by atoms with van der Waals surface area (Å²) in [4.78, 5) is 11.0. The van der Waals surface area contributed by atoms with Gasteiger partial charge in [-0.3, -0.25) is 4.79 Å². The van der Waals surface area contributed by atoms with E-state index in [-0.39, 0.29) is 7.33 Å². The summed E-state index contributed by atoms with van der Waals surface area (Å²) in [6, 6.07) is 8.15. The van der Waals surface area contributed by atoms with Gasteiger partial charge in [-0.1, -0.05) is 36.8 Å². The predicted octanol–water partition coefficient (Wildman–Crippen LogP) is 2.27. The zero-order valence-corrected chi connectivity index (χ0v) is 8.13. The highest BCUT2D eigenvalue weighted by Crippen LogP contribution is 2.02. The summed E-state index contributed by atoms with van der Waals surface area (Å²) in [5.74, 6) is 0.0986. The molecule has 0 heterocycles. The van der Waals surface area contributed by atoms with Crippen LogP contribution in [0.25, 0.3) is 0 Å². The van der Waals surface area contributed by atoms with Crippen LogP contribution in [0.5, 0.6) is 0 Å². The molecule has 0 aliphatic rings. The fourth-order valence-corrected chi connectivity index (χ4v) is 1.15. The molecule has 0 saturated carbocycles. The van der Waals surface area contributed by atoms with Crippen LogP contribution < -0.4 is 5.32 Å². The third kappa shape index (κ3) is 3.28. The monoisotopic (exact) mass is 179 g/mol. The van der Waals surface area contributed by atoms with Gasteiger partial charge < -0.3 is 5.32 Å². The summed E-state index contributed by atoms with van der Waals surface area (Å²) < 4.78 is 0. The highest BCUT2D eigenvalue weighted by Gasteiger charge is 1.96. The highest BCUT2D eigenvalue weighted by atomic mass is 16.1. The number of nitrogens with one attached hydrogen (secondary N) is 1. The van der Waals surface area contributed by atoms with E-state index in [2.05, 4.69) is 11.4 Å². The van der Waals surface area contributed by atoms with Gasteiger partial charge in [0, 0.05) is 14.4 Å². The minimum atomic E-state index is 0. The van der Waals surface area contributed by atoms with Crippen LogP contribution in [0.15, 0.2) is 24.3 Å². The number of benzene rings is 1. The van der Waals surface area contributed by atoms with E-state index in [0.717, 1.165) is 5.56 Å². The van der Waals surface area contributed by atoms with E-state index in [1.165, 1.54) is 5.56 Å². The maximum absolute atomic E-state index is 11.0. The van der Waals surface area contributed by atoms with E-state index < -0.39 is 0 Å². The molecule has 0 aromatic heterocycles. The Kier molecular flexibility index (Phi) is 3.50. The normalized spacial score (nSPS) is 9.69. The summed E-state index contributed by atoms with van der Waals surface area (Å²) in [5.41, 5.74) is 2.38. The first-order valence-corrected chi connectivity index (χ1v) is 4.54. The Bertz CT molecular complexity index is 299. The Hall–Kier alpha value is -1.31. The maximum Gasteiger partial charge on any atom is 0.219 e.